The Bertz CT molecular complexity index is 3540. The zero-order valence-corrected chi connectivity index (χ0v) is 28.5. The van der Waals surface area contributed by atoms with Crippen LogP contribution in [0.2, 0.25) is 0 Å². The summed E-state index contributed by atoms with van der Waals surface area (Å²) in [5.41, 5.74) is 14.1. The Hall–Kier alpha value is -7.10. The predicted molar refractivity (Wildman–Crippen MR) is 222 cm³/mol. The molecular formula is C50H28N2O. The lowest BCUT2D eigenvalue weighted by Gasteiger charge is -2.14. The maximum absolute atomic E-state index is 6.80. The van der Waals surface area contributed by atoms with Crippen LogP contribution in [0.5, 0.6) is 0 Å². The molecule has 13 rings (SSSR count). The van der Waals surface area contributed by atoms with Crippen molar-refractivity contribution < 1.29 is 4.42 Å². The van der Waals surface area contributed by atoms with Crippen LogP contribution in [0, 0.1) is 0 Å². The lowest BCUT2D eigenvalue weighted by Crippen LogP contribution is -1.97. The summed E-state index contributed by atoms with van der Waals surface area (Å²) in [5, 5.41) is 12.1. The van der Waals surface area contributed by atoms with Gasteiger partial charge in [0, 0.05) is 37.7 Å². The molecule has 12 aromatic rings. The van der Waals surface area contributed by atoms with Gasteiger partial charge in [-0.2, -0.15) is 0 Å². The van der Waals surface area contributed by atoms with Crippen molar-refractivity contribution in [2.24, 2.45) is 0 Å². The smallest absolute Gasteiger partial charge is 0.145 e. The van der Waals surface area contributed by atoms with E-state index in [1.165, 1.54) is 87.9 Å². The van der Waals surface area contributed by atoms with E-state index in [0.29, 0.717) is 0 Å². The summed E-state index contributed by atoms with van der Waals surface area (Å²) in [6.45, 7) is 0. The van der Waals surface area contributed by atoms with Crippen molar-refractivity contribution in [3.63, 3.8) is 0 Å². The molecule has 0 unspecified atom stereocenters. The maximum atomic E-state index is 6.80. The highest BCUT2D eigenvalue weighted by Gasteiger charge is 2.27. The molecule has 0 bridgehead atoms. The molecule has 1 aliphatic carbocycles. The van der Waals surface area contributed by atoms with Gasteiger partial charge >= 0.3 is 0 Å². The van der Waals surface area contributed by atoms with Gasteiger partial charge in [0.25, 0.3) is 0 Å². The van der Waals surface area contributed by atoms with E-state index >= 15 is 0 Å². The van der Waals surface area contributed by atoms with Gasteiger partial charge in [-0.1, -0.05) is 121 Å². The van der Waals surface area contributed by atoms with E-state index in [4.69, 9.17) is 4.42 Å². The van der Waals surface area contributed by atoms with Crippen molar-refractivity contribution in [3.05, 3.63) is 170 Å². The number of furan rings is 1. The average molecular weight is 673 g/mol. The lowest BCUT2D eigenvalue weighted by atomic mass is 10.0. The van der Waals surface area contributed by atoms with E-state index < -0.39 is 0 Å². The summed E-state index contributed by atoms with van der Waals surface area (Å²) in [5.74, 6) is 0. The van der Waals surface area contributed by atoms with Gasteiger partial charge in [0.2, 0.25) is 0 Å². The lowest BCUT2D eigenvalue weighted by molar-refractivity contribution is 0.673. The Kier molecular flexibility index (Phi) is 5.11. The molecule has 1 aliphatic rings. The summed E-state index contributed by atoms with van der Waals surface area (Å²) in [7, 11) is 0. The number of para-hydroxylation sites is 2. The number of benzene rings is 9. The number of rotatable bonds is 2. The van der Waals surface area contributed by atoms with E-state index in [1.54, 1.807) is 0 Å². The van der Waals surface area contributed by atoms with Crippen LogP contribution in [0.25, 0.3) is 121 Å². The number of fused-ring (bicyclic) bond motifs is 15. The van der Waals surface area contributed by atoms with Crippen molar-refractivity contribution in [1.29, 1.82) is 0 Å². The van der Waals surface area contributed by atoms with Gasteiger partial charge in [-0.05, 0) is 81.6 Å². The van der Waals surface area contributed by atoms with Gasteiger partial charge in [0.15, 0.2) is 0 Å². The van der Waals surface area contributed by atoms with Crippen LogP contribution in [0.4, 0.5) is 0 Å². The van der Waals surface area contributed by atoms with Crippen LogP contribution in [-0.4, -0.2) is 9.13 Å². The third-order valence-electron chi connectivity index (χ3n) is 11.8. The van der Waals surface area contributed by atoms with E-state index in [2.05, 4.69) is 179 Å². The zero-order valence-electron chi connectivity index (χ0n) is 28.5. The van der Waals surface area contributed by atoms with Crippen molar-refractivity contribution in [2.75, 3.05) is 0 Å². The topological polar surface area (TPSA) is 23.0 Å². The monoisotopic (exact) mass is 672 g/mol. The molecule has 9 aromatic carbocycles. The van der Waals surface area contributed by atoms with Crippen LogP contribution < -0.4 is 0 Å². The van der Waals surface area contributed by atoms with E-state index in [9.17, 15) is 0 Å². The SMILES string of the molecule is c1ccc2c(c1)-c1cccc3c(-n4c5ccc6c7ccccc7oc6c5c5ccc6c(c7ccccc7n6-c6cccc7ccccc67)c54)ccc-2c13. The molecule has 244 valence electrons. The van der Waals surface area contributed by atoms with Gasteiger partial charge in [-0.25, -0.2) is 0 Å². The minimum absolute atomic E-state index is 0.910. The first kappa shape index (κ1) is 27.6. The quantitative estimate of drug-likeness (QED) is 0.179. The minimum atomic E-state index is 0.910. The minimum Gasteiger partial charge on any atom is -0.455 e. The normalized spacial score (nSPS) is 12.5. The van der Waals surface area contributed by atoms with Gasteiger partial charge in [0.1, 0.15) is 11.2 Å². The molecule has 0 atom stereocenters. The Morgan fingerprint density at radius 1 is 0.321 bits per heavy atom. The molecule has 3 nitrogen and oxygen atoms in total. The Balaban J connectivity index is 1.26. The van der Waals surface area contributed by atoms with Crippen molar-refractivity contribution in [2.45, 2.75) is 0 Å². The van der Waals surface area contributed by atoms with E-state index in [0.717, 1.165) is 32.8 Å². The second kappa shape index (κ2) is 9.81. The summed E-state index contributed by atoms with van der Waals surface area (Å²) < 4.78 is 11.8. The second-order valence-electron chi connectivity index (χ2n) is 14.4. The number of hydrogen-bond donors (Lipinski definition) is 0. The fraction of sp³-hybridized carbons (Fsp3) is 0. The molecule has 3 heteroatoms. The number of aromatic nitrogens is 2. The molecule has 0 amide bonds. The first-order valence-electron chi connectivity index (χ1n) is 18.3. The first-order chi connectivity index (χ1) is 26.3. The van der Waals surface area contributed by atoms with Crippen LogP contribution in [0.15, 0.2) is 174 Å². The largest absolute Gasteiger partial charge is 0.455 e. The van der Waals surface area contributed by atoms with Gasteiger partial charge in [-0.3, -0.25) is 0 Å². The summed E-state index contributed by atoms with van der Waals surface area (Å²) in [4.78, 5) is 0. The second-order valence-corrected chi connectivity index (χ2v) is 14.4. The zero-order chi connectivity index (χ0) is 34.4. The van der Waals surface area contributed by atoms with Crippen molar-refractivity contribution in [3.8, 4) is 33.6 Å². The highest BCUT2D eigenvalue weighted by Crippen LogP contribution is 2.51. The average Bonchev–Trinajstić information content (AvgIpc) is 3.95. The van der Waals surface area contributed by atoms with Gasteiger partial charge in [0.05, 0.1) is 38.8 Å². The molecular weight excluding hydrogens is 645 g/mol. The number of hydrogen-bond acceptors (Lipinski definition) is 1. The summed E-state index contributed by atoms with van der Waals surface area (Å²) in [6, 6.07) is 62.2. The van der Waals surface area contributed by atoms with Gasteiger partial charge < -0.3 is 13.6 Å². The van der Waals surface area contributed by atoms with Crippen LogP contribution in [-0.2, 0) is 0 Å². The van der Waals surface area contributed by atoms with Crippen LogP contribution in [0.3, 0.4) is 0 Å². The van der Waals surface area contributed by atoms with Crippen molar-refractivity contribution in [1.82, 2.24) is 9.13 Å². The highest BCUT2D eigenvalue weighted by molar-refractivity contribution is 6.31. The molecule has 0 saturated carbocycles. The third-order valence-corrected chi connectivity index (χ3v) is 11.8. The van der Waals surface area contributed by atoms with E-state index in [-0.39, 0.29) is 0 Å². The first-order valence-corrected chi connectivity index (χ1v) is 18.3. The molecule has 3 aromatic heterocycles. The molecule has 0 spiro atoms. The fourth-order valence-electron chi connectivity index (χ4n) is 9.72. The molecule has 0 aliphatic heterocycles. The molecule has 0 fully saturated rings. The molecule has 53 heavy (non-hydrogen) atoms. The predicted octanol–water partition coefficient (Wildman–Crippen LogP) is 13.7. The Morgan fingerprint density at radius 2 is 0.943 bits per heavy atom. The summed E-state index contributed by atoms with van der Waals surface area (Å²) >= 11 is 0. The molecule has 0 radical (unpaired) electrons. The molecule has 0 saturated heterocycles. The van der Waals surface area contributed by atoms with Crippen molar-refractivity contribution >= 4 is 87.1 Å². The molecule has 3 heterocycles. The standard InChI is InChI=1S/C50H28N2O/c1-2-13-30-29(11-1)12-9-21-40(30)51-41-20-7-5-17-38(41)47-43(51)28-25-39-48-44(27-24-36-33-16-6-8-22-45(33)53-50(36)48)52(49(39)47)42-26-23-35-32-15-4-3-14-31(32)34-18-10-19-37(42)46(34)35/h1-28H. The third kappa shape index (κ3) is 3.40. The van der Waals surface area contributed by atoms with Gasteiger partial charge in [-0.15, -0.1) is 0 Å². The maximum Gasteiger partial charge on any atom is 0.145 e. The van der Waals surface area contributed by atoms with Crippen LogP contribution in [0.1, 0.15) is 0 Å². The summed E-state index contributed by atoms with van der Waals surface area (Å²) in [6.07, 6.45) is 0. The van der Waals surface area contributed by atoms with Crippen LogP contribution >= 0.6 is 0 Å². The Labute approximate surface area is 303 Å². The highest BCUT2D eigenvalue weighted by atomic mass is 16.3. The Morgan fingerprint density at radius 3 is 1.83 bits per heavy atom. The van der Waals surface area contributed by atoms with E-state index in [1.807, 2.05) is 0 Å². The molecule has 0 N–H and O–H groups in total. The fourth-order valence-corrected chi connectivity index (χ4v) is 9.72. The number of nitrogens with zero attached hydrogens (tertiary/aromatic N) is 2.